The Bertz CT molecular complexity index is 806. The second-order valence-electron chi connectivity index (χ2n) is 5.29. The zero-order valence-electron chi connectivity index (χ0n) is 12.9. The molecule has 2 aromatic heterocycles. The van der Waals surface area contributed by atoms with Crippen LogP contribution in [0.5, 0.6) is 5.75 Å². The van der Waals surface area contributed by atoms with E-state index < -0.39 is 5.82 Å². The van der Waals surface area contributed by atoms with Crippen LogP contribution < -0.4 is 10.1 Å². The van der Waals surface area contributed by atoms with E-state index in [1.807, 2.05) is 30.4 Å². The number of hydrogen-bond donors (Lipinski definition) is 1. The second-order valence-corrected chi connectivity index (χ2v) is 6.23. The molecule has 0 fully saturated rings. The number of hydrogen-bond acceptors (Lipinski definition) is 6. The molecule has 0 aliphatic heterocycles. The smallest absolute Gasteiger partial charge is 0.227 e. The summed E-state index contributed by atoms with van der Waals surface area (Å²) in [5.41, 5.74) is 1.45. The normalized spacial score (nSPS) is 11.1. The SMILES string of the molecule is CN(C)CCOc1ccc(Nc2ncc3sccc3n2)cc1F. The van der Waals surface area contributed by atoms with Crippen molar-refractivity contribution < 1.29 is 9.13 Å². The summed E-state index contributed by atoms with van der Waals surface area (Å²) < 4.78 is 20.5. The highest BCUT2D eigenvalue weighted by Gasteiger charge is 2.07. The van der Waals surface area contributed by atoms with Gasteiger partial charge in [0.25, 0.3) is 0 Å². The van der Waals surface area contributed by atoms with Crippen LogP contribution in [0.15, 0.2) is 35.8 Å². The number of likely N-dealkylation sites (N-methyl/N-ethyl adjacent to an activating group) is 1. The fraction of sp³-hybridized carbons (Fsp3) is 0.250. The highest BCUT2D eigenvalue weighted by Crippen LogP contribution is 2.24. The summed E-state index contributed by atoms with van der Waals surface area (Å²) in [5.74, 6) is 0.272. The quantitative estimate of drug-likeness (QED) is 0.748. The first-order chi connectivity index (χ1) is 11.1. The fourth-order valence-corrected chi connectivity index (χ4v) is 2.68. The summed E-state index contributed by atoms with van der Waals surface area (Å²) in [5, 5.41) is 4.97. The van der Waals surface area contributed by atoms with E-state index in [4.69, 9.17) is 4.74 Å². The zero-order valence-corrected chi connectivity index (χ0v) is 13.7. The Hall–Kier alpha value is -2.25. The van der Waals surface area contributed by atoms with Gasteiger partial charge in [0.15, 0.2) is 11.6 Å². The van der Waals surface area contributed by atoms with Crippen LogP contribution in [-0.4, -0.2) is 42.1 Å². The van der Waals surface area contributed by atoms with Crippen LogP contribution >= 0.6 is 11.3 Å². The molecule has 3 aromatic rings. The van der Waals surface area contributed by atoms with Crippen molar-refractivity contribution in [3.8, 4) is 5.75 Å². The lowest BCUT2D eigenvalue weighted by molar-refractivity contribution is 0.252. The largest absolute Gasteiger partial charge is 0.489 e. The van der Waals surface area contributed by atoms with Gasteiger partial charge in [0.1, 0.15) is 6.61 Å². The van der Waals surface area contributed by atoms with Crippen LogP contribution in [-0.2, 0) is 0 Å². The molecular formula is C16H17FN4OS. The summed E-state index contributed by atoms with van der Waals surface area (Å²) in [6, 6.07) is 6.66. The molecule has 120 valence electrons. The van der Waals surface area contributed by atoms with Gasteiger partial charge in [-0.25, -0.2) is 14.4 Å². The molecule has 0 bridgehead atoms. The number of rotatable bonds is 6. The van der Waals surface area contributed by atoms with Gasteiger partial charge in [-0.05, 0) is 37.7 Å². The van der Waals surface area contributed by atoms with Gasteiger partial charge in [-0.15, -0.1) is 11.3 Å². The maximum absolute atomic E-state index is 14.1. The lowest BCUT2D eigenvalue weighted by Gasteiger charge is -2.12. The molecular weight excluding hydrogens is 315 g/mol. The molecule has 1 aromatic carbocycles. The minimum Gasteiger partial charge on any atom is -0.489 e. The van der Waals surface area contributed by atoms with Crippen molar-refractivity contribution in [2.24, 2.45) is 0 Å². The second kappa shape index (κ2) is 6.89. The molecule has 0 spiro atoms. The number of nitrogens with zero attached hydrogens (tertiary/aromatic N) is 3. The van der Waals surface area contributed by atoms with Gasteiger partial charge in [-0.3, -0.25) is 0 Å². The number of thiophene rings is 1. The fourth-order valence-electron chi connectivity index (χ4n) is 1.99. The van der Waals surface area contributed by atoms with E-state index in [2.05, 4.69) is 15.3 Å². The Balaban J connectivity index is 1.69. The van der Waals surface area contributed by atoms with E-state index >= 15 is 0 Å². The Kier molecular flexibility index (Phi) is 4.68. The van der Waals surface area contributed by atoms with Gasteiger partial charge in [0, 0.05) is 18.3 Å². The topological polar surface area (TPSA) is 50.3 Å². The number of nitrogens with one attached hydrogen (secondary N) is 1. The maximum Gasteiger partial charge on any atom is 0.227 e. The van der Waals surface area contributed by atoms with Crippen LogP contribution in [0.2, 0.25) is 0 Å². The first kappa shape index (κ1) is 15.6. The van der Waals surface area contributed by atoms with Crippen molar-refractivity contribution in [3.05, 3.63) is 41.7 Å². The molecule has 5 nitrogen and oxygen atoms in total. The number of halogens is 1. The minimum absolute atomic E-state index is 0.242. The van der Waals surface area contributed by atoms with E-state index in [-0.39, 0.29) is 5.75 Å². The number of fused-ring (bicyclic) bond motifs is 1. The molecule has 7 heteroatoms. The Morgan fingerprint density at radius 2 is 2.17 bits per heavy atom. The molecule has 0 aliphatic rings. The van der Waals surface area contributed by atoms with Crippen molar-refractivity contribution in [1.29, 1.82) is 0 Å². The van der Waals surface area contributed by atoms with Crippen LogP contribution in [0.4, 0.5) is 16.0 Å². The van der Waals surface area contributed by atoms with Gasteiger partial charge in [0.2, 0.25) is 5.95 Å². The van der Waals surface area contributed by atoms with Gasteiger partial charge >= 0.3 is 0 Å². The zero-order chi connectivity index (χ0) is 16.2. The Morgan fingerprint density at radius 1 is 1.30 bits per heavy atom. The van der Waals surface area contributed by atoms with Gasteiger partial charge in [0.05, 0.1) is 16.4 Å². The third-order valence-corrected chi connectivity index (χ3v) is 4.03. The van der Waals surface area contributed by atoms with E-state index in [9.17, 15) is 4.39 Å². The molecule has 0 unspecified atom stereocenters. The first-order valence-corrected chi connectivity index (χ1v) is 8.04. The molecule has 0 amide bonds. The maximum atomic E-state index is 14.1. The standard InChI is InChI=1S/C16H17FN4OS/c1-21(2)6-7-22-14-4-3-11(9-12(14)17)19-16-18-10-15-13(20-16)5-8-23-15/h3-5,8-10H,6-7H2,1-2H3,(H,18,19,20). The van der Waals surface area contributed by atoms with E-state index in [1.165, 1.54) is 6.07 Å². The summed E-state index contributed by atoms with van der Waals surface area (Å²) in [6.45, 7) is 1.17. The van der Waals surface area contributed by atoms with Crippen molar-refractivity contribution in [2.75, 3.05) is 32.6 Å². The van der Waals surface area contributed by atoms with Gasteiger partial charge in [-0.1, -0.05) is 0 Å². The molecule has 23 heavy (non-hydrogen) atoms. The van der Waals surface area contributed by atoms with E-state index in [1.54, 1.807) is 29.7 Å². The summed E-state index contributed by atoms with van der Waals surface area (Å²) >= 11 is 1.58. The number of aromatic nitrogens is 2. The van der Waals surface area contributed by atoms with E-state index in [0.29, 0.717) is 18.2 Å². The molecule has 2 heterocycles. The average molecular weight is 332 g/mol. The molecule has 0 aliphatic carbocycles. The predicted octanol–water partition coefficient (Wildman–Crippen LogP) is 3.51. The summed E-state index contributed by atoms with van der Waals surface area (Å²) in [4.78, 5) is 10.6. The van der Waals surface area contributed by atoms with Crippen molar-refractivity contribution in [1.82, 2.24) is 14.9 Å². The molecule has 0 atom stereocenters. The summed E-state index contributed by atoms with van der Waals surface area (Å²) in [7, 11) is 3.88. The van der Waals surface area contributed by atoms with Crippen LogP contribution in [0.25, 0.3) is 10.2 Å². The summed E-state index contributed by atoms with van der Waals surface area (Å²) in [6.07, 6.45) is 1.75. The van der Waals surface area contributed by atoms with Crippen molar-refractivity contribution in [2.45, 2.75) is 0 Å². The lowest BCUT2D eigenvalue weighted by atomic mass is 10.3. The average Bonchev–Trinajstić information content (AvgIpc) is 2.97. The highest BCUT2D eigenvalue weighted by atomic mass is 32.1. The predicted molar refractivity (Wildman–Crippen MR) is 91.1 cm³/mol. The molecule has 0 saturated heterocycles. The Morgan fingerprint density at radius 3 is 2.96 bits per heavy atom. The Labute approximate surface area is 137 Å². The van der Waals surface area contributed by atoms with Crippen molar-refractivity contribution >= 4 is 33.2 Å². The van der Waals surface area contributed by atoms with Crippen LogP contribution in [0.3, 0.4) is 0 Å². The molecule has 3 rings (SSSR count). The molecule has 0 saturated carbocycles. The van der Waals surface area contributed by atoms with Crippen LogP contribution in [0.1, 0.15) is 0 Å². The number of benzene rings is 1. The highest BCUT2D eigenvalue weighted by molar-refractivity contribution is 7.17. The monoisotopic (exact) mass is 332 g/mol. The van der Waals surface area contributed by atoms with Gasteiger partial charge in [-0.2, -0.15) is 0 Å². The number of anilines is 2. The third kappa shape index (κ3) is 3.94. The molecule has 0 radical (unpaired) electrons. The van der Waals surface area contributed by atoms with Crippen LogP contribution in [0, 0.1) is 5.82 Å². The van der Waals surface area contributed by atoms with E-state index in [0.717, 1.165) is 16.8 Å². The lowest BCUT2D eigenvalue weighted by Crippen LogP contribution is -2.19. The third-order valence-electron chi connectivity index (χ3n) is 3.19. The number of ether oxygens (including phenoxy) is 1. The first-order valence-electron chi connectivity index (χ1n) is 7.16. The van der Waals surface area contributed by atoms with Crippen molar-refractivity contribution in [3.63, 3.8) is 0 Å². The minimum atomic E-state index is -0.412. The van der Waals surface area contributed by atoms with Gasteiger partial charge < -0.3 is 15.0 Å². The molecule has 1 N–H and O–H groups in total.